The topological polar surface area (TPSA) is 68.1 Å². The molecule has 0 radical (unpaired) electrons. The van der Waals surface area contributed by atoms with Gasteiger partial charge in [-0.2, -0.15) is 0 Å². The van der Waals surface area contributed by atoms with Crippen LogP contribution in [-0.4, -0.2) is 36.1 Å². The van der Waals surface area contributed by atoms with Gasteiger partial charge in [-0.05, 0) is 38.0 Å². The third kappa shape index (κ3) is 6.08. The lowest BCUT2D eigenvalue weighted by Crippen LogP contribution is -2.28. The Kier molecular flexibility index (Phi) is 8.57. The minimum absolute atomic E-state index is 0.294. The van der Waals surface area contributed by atoms with Crippen LogP contribution in [0, 0.1) is 11.8 Å². The molecule has 4 atom stereocenters. The van der Waals surface area contributed by atoms with Crippen LogP contribution in [0.3, 0.4) is 0 Å². The highest BCUT2D eigenvalue weighted by atomic mass is 16.6. The number of ether oxygens (including phenoxy) is 1. The van der Waals surface area contributed by atoms with Gasteiger partial charge in [0.1, 0.15) is 6.61 Å². The van der Waals surface area contributed by atoms with Gasteiger partial charge in [0.05, 0.1) is 12.2 Å². The van der Waals surface area contributed by atoms with Crippen molar-refractivity contribution in [3.63, 3.8) is 0 Å². The summed E-state index contributed by atoms with van der Waals surface area (Å²) < 4.78 is 6.08. The van der Waals surface area contributed by atoms with Crippen LogP contribution in [0.4, 0.5) is 0 Å². The van der Waals surface area contributed by atoms with Crippen molar-refractivity contribution in [1.82, 2.24) is 0 Å². The van der Waals surface area contributed by atoms with Crippen molar-refractivity contribution in [2.45, 2.75) is 89.8 Å². The van der Waals surface area contributed by atoms with Gasteiger partial charge < -0.3 is 14.7 Å². The molecule has 1 N–H and O–H groups in total. The highest BCUT2D eigenvalue weighted by Gasteiger charge is 2.47. The summed E-state index contributed by atoms with van der Waals surface area (Å²) in [6.45, 7) is 2.89. The van der Waals surface area contributed by atoms with E-state index in [1.807, 2.05) is 6.21 Å². The standard InChI is InChI=1S/C19H33NO4/c1-2-3-8-13-23-20-14-16-15(17-11-12-18(16)24-17)9-6-4-5-7-10-19(21)22/h14-18H,2-13H2,1H3,(H,21,22). The molecule has 24 heavy (non-hydrogen) atoms. The quantitative estimate of drug-likeness (QED) is 0.307. The Morgan fingerprint density at radius 2 is 1.96 bits per heavy atom. The fourth-order valence-corrected chi connectivity index (χ4v) is 3.99. The summed E-state index contributed by atoms with van der Waals surface area (Å²) >= 11 is 0. The Hall–Kier alpha value is -1.10. The van der Waals surface area contributed by atoms with Crippen LogP contribution in [0.1, 0.15) is 77.6 Å². The molecule has 5 heteroatoms. The number of carbonyl (C=O) groups is 1. The normalized spacial score (nSPS) is 28.7. The maximum absolute atomic E-state index is 10.5. The second-order valence-electron chi connectivity index (χ2n) is 7.17. The average molecular weight is 339 g/mol. The Labute approximate surface area is 145 Å². The molecule has 2 bridgehead atoms. The fourth-order valence-electron chi connectivity index (χ4n) is 3.99. The van der Waals surface area contributed by atoms with Gasteiger partial charge in [-0.15, -0.1) is 0 Å². The fraction of sp³-hybridized carbons (Fsp3) is 0.895. The predicted octanol–water partition coefficient (Wildman–Crippen LogP) is 4.40. The van der Waals surface area contributed by atoms with Crippen LogP contribution in [0.2, 0.25) is 0 Å². The molecule has 2 saturated heterocycles. The lowest BCUT2D eigenvalue weighted by molar-refractivity contribution is -0.137. The second kappa shape index (κ2) is 10.7. The number of fused-ring (bicyclic) bond motifs is 2. The first-order chi connectivity index (χ1) is 11.7. The van der Waals surface area contributed by atoms with Gasteiger partial charge in [0.25, 0.3) is 0 Å². The van der Waals surface area contributed by atoms with Crippen LogP contribution in [-0.2, 0) is 14.4 Å². The molecule has 4 unspecified atom stereocenters. The first-order valence-corrected chi connectivity index (χ1v) is 9.75. The SMILES string of the molecule is CCCCCON=CC1C2CCC(O2)C1CCCCCCC(=O)O. The zero-order valence-electron chi connectivity index (χ0n) is 15.0. The molecule has 2 aliphatic rings. The van der Waals surface area contributed by atoms with E-state index in [0.717, 1.165) is 44.9 Å². The number of unbranched alkanes of at least 4 members (excludes halogenated alkanes) is 5. The lowest BCUT2D eigenvalue weighted by Gasteiger charge is -2.24. The Bertz CT molecular complexity index is 399. The number of rotatable bonds is 13. The molecule has 0 amide bonds. The number of aliphatic carboxylic acids is 1. The molecular formula is C19H33NO4. The summed E-state index contributed by atoms with van der Waals surface area (Å²) in [5, 5.41) is 12.9. The van der Waals surface area contributed by atoms with E-state index in [0.29, 0.717) is 37.1 Å². The third-order valence-electron chi connectivity index (χ3n) is 5.31. The van der Waals surface area contributed by atoms with E-state index in [1.165, 1.54) is 19.3 Å². The van der Waals surface area contributed by atoms with Crippen molar-refractivity contribution < 1.29 is 19.5 Å². The molecule has 2 heterocycles. The van der Waals surface area contributed by atoms with Gasteiger partial charge in [-0.3, -0.25) is 4.79 Å². The number of hydrogen-bond donors (Lipinski definition) is 1. The van der Waals surface area contributed by atoms with E-state index < -0.39 is 5.97 Å². The Balaban J connectivity index is 1.65. The smallest absolute Gasteiger partial charge is 0.303 e. The largest absolute Gasteiger partial charge is 0.481 e. The summed E-state index contributed by atoms with van der Waals surface area (Å²) in [5.41, 5.74) is 0. The van der Waals surface area contributed by atoms with E-state index >= 15 is 0 Å². The van der Waals surface area contributed by atoms with Gasteiger partial charge in [0.2, 0.25) is 0 Å². The third-order valence-corrected chi connectivity index (χ3v) is 5.31. The van der Waals surface area contributed by atoms with E-state index in [1.54, 1.807) is 0 Å². The van der Waals surface area contributed by atoms with Crippen molar-refractivity contribution in [3.05, 3.63) is 0 Å². The molecule has 5 nitrogen and oxygen atoms in total. The maximum Gasteiger partial charge on any atom is 0.303 e. The van der Waals surface area contributed by atoms with E-state index in [2.05, 4.69) is 12.1 Å². The number of oxime groups is 1. The molecule has 138 valence electrons. The highest BCUT2D eigenvalue weighted by molar-refractivity contribution is 5.66. The summed E-state index contributed by atoms with van der Waals surface area (Å²) in [5.74, 6) is 0.270. The summed E-state index contributed by atoms with van der Waals surface area (Å²) in [7, 11) is 0. The molecule has 0 aromatic rings. The summed E-state index contributed by atoms with van der Waals surface area (Å²) in [4.78, 5) is 15.9. The highest BCUT2D eigenvalue weighted by Crippen LogP contribution is 2.44. The monoisotopic (exact) mass is 339 g/mol. The minimum atomic E-state index is -0.688. The van der Waals surface area contributed by atoms with Crippen molar-refractivity contribution >= 4 is 12.2 Å². The van der Waals surface area contributed by atoms with E-state index in [9.17, 15) is 4.79 Å². The van der Waals surface area contributed by atoms with E-state index in [-0.39, 0.29) is 0 Å². The molecular weight excluding hydrogens is 306 g/mol. The Morgan fingerprint density at radius 3 is 2.75 bits per heavy atom. The molecule has 2 aliphatic heterocycles. The van der Waals surface area contributed by atoms with Crippen molar-refractivity contribution in [1.29, 1.82) is 0 Å². The van der Waals surface area contributed by atoms with Crippen molar-refractivity contribution in [2.24, 2.45) is 17.0 Å². The van der Waals surface area contributed by atoms with Crippen LogP contribution >= 0.6 is 0 Å². The number of carboxylic acids is 1. The lowest BCUT2D eigenvalue weighted by atomic mass is 9.77. The zero-order valence-corrected chi connectivity index (χ0v) is 15.0. The van der Waals surface area contributed by atoms with E-state index in [4.69, 9.17) is 14.7 Å². The summed E-state index contributed by atoms with van der Waals surface area (Å²) in [6.07, 6.45) is 14.0. The first-order valence-electron chi connectivity index (χ1n) is 9.75. The van der Waals surface area contributed by atoms with Crippen molar-refractivity contribution in [2.75, 3.05) is 6.61 Å². The van der Waals surface area contributed by atoms with Gasteiger partial charge >= 0.3 is 5.97 Å². The Morgan fingerprint density at radius 1 is 1.17 bits per heavy atom. The van der Waals surface area contributed by atoms with Gasteiger partial charge in [-0.25, -0.2) is 0 Å². The maximum atomic E-state index is 10.5. The molecule has 0 aromatic heterocycles. The molecule has 0 aromatic carbocycles. The number of carboxylic acid groups (broad SMARTS) is 1. The second-order valence-corrected chi connectivity index (χ2v) is 7.17. The van der Waals surface area contributed by atoms with Crippen LogP contribution in [0.5, 0.6) is 0 Å². The molecule has 2 fully saturated rings. The zero-order chi connectivity index (χ0) is 17.2. The molecule has 0 aliphatic carbocycles. The van der Waals surface area contributed by atoms with Gasteiger partial charge in [-0.1, -0.05) is 44.2 Å². The first kappa shape index (κ1) is 19.2. The molecule has 0 saturated carbocycles. The molecule has 2 rings (SSSR count). The average Bonchev–Trinajstić information content (AvgIpc) is 3.15. The predicted molar refractivity (Wildman–Crippen MR) is 94.2 cm³/mol. The van der Waals surface area contributed by atoms with Crippen LogP contribution in [0.15, 0.2) is 5.16 Å². The van der Waals surface area contributed by atoms with Gasteiger partial charge in [0, 0.05) is 18.6 Å². The number of hydrogen-bond acceptors (Lipinski definition) is 4. The molecule has 0 spiro atoms. The van der Waals surface area contributed by atoms with Crippen LogP contribution < -0.4 is 0 Å². The summed E-state index contributed by atoms with van der Waals surface area (Å²) in [6, 6.07) is 0. The van der Waals surface area contributed by atoms with Gasteiger partial charge in [0.15, 0.2) is 0 Å². The minimum Gasteiger partial charge on any atom is -0.481 e. The van der Waals surface area contributed by atoms with Crippen molar-refractivity contribution in [3.8, 4) is 0 Å². The van der Waals surface area contributed by atoms with Crippen LogP contribution in [0.25, 0.3) is 0 Å². The number of nitrogens with zero attached hydrogens (tertiary/aromatic N) is 1.